The number of rotatable bonds is 8. The van der Waals surface area contributed by atoms with Crippen molar-refractivity contribution in [3.63, 3.8) is 0 Å². The van der Waals surface area contributed by atoms with Gasteiger partial charge in [0.15, 0.2) is 0 Å². The Kier molecular flexibility index (Phi) is 7.95. The van der Waals surface area contributed by atoms with E-state index in [4.69, 9.17) is 0 Å². The molecule has 2 aliphatic rings. The van der Waals surface area contributed by atoms with Crippen LogP contribution < -0.4 is 10.6 Å². The highest BCUT2D eigenvalue weighted by Gasteiger charge is 2.57. The number of aliphatic hydroxyl groups excluding tert-OH is 1. The van der Waals surface area contributed by atoms with Gasteiger partial charge in [0.1, 0.15) is 6.04 Å². The van der Waals surface area contributed by atoms with E-state index in [9.17, 15) is 19.5 Å². The Morgan fingerprint density at radius 3 is 2.29 bits per heavy atom. The molecule has 7 heteroatoms. The number of amides is 3. The molecule has 176 valence electrons. The van der Waals surface area contributed by atoms with Crippen molar-refractivity contribution in [1.29, 1.82) is 0 Å². The van der Waals surface area contributed by atoms with Crippen LogP contribution in [0, 0.1) is 29.1 Å². The number of carbonyl (C=O) groups excluding carboxylic acids is 3. The largest absolute Gasteiger partial charge is 0.395 e. The molecular formula is C24H41N3O4. The van der Waals surface area contributed by atoms with Gasteiger partial charge in [0.05, 0.1) is 18.4 Å². The summed E-state index contributed by atoms with van der Waals surface area (Å²) in [5.41, 5.74) is -0.428. The van der Waals surface area contributed by atoms with E-state index in [1.807, 2.05) is 26.0 Å². The number of hydrogen-bond acceptors (Lipinski definition) is 4. The number of carbonyl (C=O) groups is 3. The topological polar surface area (TPSA) is 98.7 Å². The minimum absolute atomic E-state index is 0.0258. The van der Waals surface area contributed by atoms with Gasteiger partial charge in [-0.2, -0.15) is 0 Å². The number of allylic oxidation sites excluding steroid dienone is 1. The normalized spacial score (nSPS) is 28.5. The summed E-state index contributed by atoms with van der Waals surface area (Å²) in [7, 11) is 1.59. The summed E-state index contributed by atoms with van der Waals surface area (Å²) in [4.78, 5) is 41.2. The summed E-state index contributed by atoms with van der Waals surface area (Å²) >= 11 is 0. The van der Waals surface area contributed by atoms with Crippen LogP contribution in [0.25, 0.3) is 0 Å². The van der Waals surface area contributed by atoms with Crippen molar-refractivity contribution in [3.05, 3.63) is 12.2 Å². The summed E-state index contributed by atoms with van der Waals surface area (Å²) in [6.07, 6.45) is 6.46. The second-order valence-electron chi connectivity index (χ2n) is 10.9. The number of β-amino-alcohol motifs (C(OH)–C–C–N with tert-alkyl or cyclic N) is 1. The van der Waals surface area contributed by atoms with Crippen LogP contribution in [0.2, 0.25) is 0 Å². The Labute approximate surface area is 187 Å². The van der Waals surface area contributed by atoms with Crippen molar-refractivity contribution in [2.24, 2.45) is 29.1 Å². The lowest BCUT2D eigenvalue weighted by atomic mass is 9.68. The highest BCUT2D eigenvalue weighted by Crippen LogP contribution is 2.45. The monoisotopic (exact) mass is 435 g/mol. The van der Waals surface area contributed by atoms with Gasteiger partial charge < -0.3 is 20.6 Å². The molecule has 0 radical (unpaired) electrons. The fourth-order valence-electron chi connectivity index (χ4n) is 5.76. The van der Waals surface area contributed by atoms with Crippen LogP contribution in [0.3, 0.4) is 0 Å². The first-order valence-electron chi connectivity index (χ1n) is 11.5. The number of hydrogen-bond donors (Lipinski definition) is 3. The van der Waals surface area contributed by atoms with E-state index in [-0.39, 0.29) is 48.1 Å². The number of nitrogens with zero attached hydrogens (tertiary/aromatic N) is 1. The minimum atomic E-state index is -0.727. The molecule has 0 aromatic heterocycles. The van der Waals surface area contributed by atoms with Crippen molar-refractivity contribution in [2.45, 2.75) is 72.4 Å². The predicted octanol–water partition coefficient (Wildman–Crippen LogP) is 2.10. The van der Waals surface area contributed by atoms with Gasteiger partial charge in [-0.05, 0) is 38.0 Å². The third-order valence-corrected chi connectivity index (χ3v) is 6.33. The molecular weight excluding hydrogens is 394 g/mol. The van der Waals surface area contributed by atoms with Crippen LogP contribution in [0.15, 0.2) is 12.2 Å². The van der Waals surface area contributed by atoms with E-state index in [2.05, 4.69) is 38.3 Å². The number of aliphatic hydroxyl groups is 1. The van der Waals surface area contributed by atoms with Crippen molar-refractivity contribution in [3.8, 4) is 0 Å². The van der Waals surface area contributed by atoms with E-state index in [0.717, 1.165) is 19.3 Å². The zero-order valence-electron chi connectivity index (χ0n) is 20.2. The third kappa shape index (κ3) is 5.68. The molecule has 0 unspecified atom stereocenters. The zero-order valence-corrected chi connectivity index (χ0v) is 20.2. The van der Waals surface area contributed by atoms with E-state index in [1.165, 1.54) is 4.90 Å². The molecule has 0 saturated carbocycles. The summed E-state index contributed by atoms with van der Waals surface area (Å²) in [5.74, 6) is -2.12. The second kappa shape index (κ2) is 9.72. The molecule has 3 amide bonds. The Balaban J connectivity index is 2.40. The van der Waals surface area contributed by atoms with Gasteiger partial charge in [-0.25, -0.2) is 0 Å². The standard InChI is InChI=1S/C24H41N3O4/c1-8-9-15-10-11-16-18(17(15)20(29)25-7)22(31)27(12-13-28)19(16)21(30)26-24(5,6)14-23(2,3)4/h10-11,15-19,28H,8-9,12-14H2,1-7H3,(H,25,29)(H,26,30)/t15-,16+,17-,18-,19+/m1/s1. The smallest absolute Gasteiger partial charge is 0.243 e. The molecule has 1 aliphatic heterocycles. The highest BCUT2D eigenvalue weighted by molar-refractivity contribution is 5.97. The molecule has 5 atom stereocenters. The summed E-state index contributed by atoms with van der Waals surface area (Å²) < 4.78 is 0. The van der Waals surface area contributed by atoms with E-state index < -0.39 is 23.4 Å². The van der Waals surface area contributed by atoms with Gasteiger partial charge >= 0.3 is 0 Å². The third-order valence-electron chi connectivity index (χ3n) is 6.33. The first kappa shape index (κ1) is 25.4. The molecule has 1 fully saturated rings. The Hall–Kier alpha value is -1.89. The molecule has 31 heavy (non-hydrogen) atoms. The van der Waals surface area contributed by atoms with Gasteiger partial charge in [0.2, 0.25) is 17.7 Å². The lowest BCUT2D eigenvalue weighted by molar-refractivity contribution is -0.141. The van der Waals surface area contributed by atoms with Gasteiger partial charge in [0, 0.05) is 25.0 Å². The van der Waals surface area contributed by atoms with Crippen LogP contribution in [0.5, 0.6) is 0 Å². The molecule has 7 nitrogen and oxygen atoms in total. The van der Waals surface area contributed by atoms with Crippen LogP contribution in [0.4, 0.5) is 0 Å². The fourth-order valence-corrected chi connectivity index (χ4v) is 5.76. The quantitative estimate of drug-likeness (QED) is 0.509. The number of nitrogens with one attached hydrogen (secondary N) is 2. The fraction of sp³-hybridized carbons (Fsp3) is 0.792. The Morgan fingerprint density at radius 1 is 1.13 bits per heavy atom. The first-order chi connectivity index (χ1) is 14.4. The SMILES string of the molecule is CCC[C@@H]1C=C[C@H]2[C@@H](C(=O)N(CCO)[C@@H]2C(=O)NC(C)(C)CC(C)(C)C)[C@@H]1C(=O)NC. The van der Waals surface area contributed by atoms with Crippen molar-refractivity contribution < 1.29 is 19.5 Å². The molecule has 0 aromatic rings. The highest BCUT2D eigenvalue weighted by atomic mass is 16.3. The molecule has 0 spiro atoms. The number of fused-ring (bicyclic) bond motifs is 1. The Bertz CT molecular complexity index is 710. The average Bonchev–Trinajstić information content (AvgIpc) is 2.91. The lowest BCUT2D eigenvalue weighted by Crippen LogP contribution is -2.55. The first-order valence-corrected chi connectivity index (χ1v) is 11.5. The van der Waals surface area contributed by atoms with Crippen molar-refractivity contribution >= 4 is 17.7 Å². The predicted molar refractivity (Wildman–Crippen MR) is 121 cm³/mol. The van der Waals surface area contributed by atoms with Gasteiger partial charge in [-0.1, -0.05) is 46.3 Å². The molecule has 0 aromatic carbocycles. The second-order valence-corrected chi connectivity index (χ2v) is 10.9. The van der Waals surface area contributed by atoms with Gasteiger partial charge in [-0.15, -0.1) is 0 Å². The van der Waals surface area contributed by atoms with Gasteiger partial charge in [0.25, 0.3) is 0 Å². The maximum absolute atomic E-state index is 13.5. The van der Waals surface area contributed by atoms with Crippen LogP contribution in [-0.2, 0) is 14.4 Å². The van der Waals surface area contributed by atoms with E-state index in [1.54, 1.807) is 7.05 Å². The maximum Gasteiger partial charge on any atom is 0.243 e. The van der Waals surface area contributed by atoms with E-state index >= 15 is 0 Å². The molecule has 1 aliphatic carbocycles. The average molecular weight is 436 g/mol. The zero-order chi connectivity index (χ0) is 23.6. The molecule has 1 heterocycles. The van der Waals surface area contributed by atoms with Crippen LogP contribution in [-0.4, -0.2) is 59.5 Å². The maximum atomic E-state index is 13.5. The summed E-state index contributed by atoms with van der Waals surface area (Å²) in [6, 6.07) is -0.727. The Morgan fingerprint density at radius 2 is 1.77 bits per heavy atom. The van der Waals surface area contributed by atoms with Gasteiger partial charge in [-0.3, -0.25) is 14.4 Å². The van der Waals surface area contributed by atoms with Crippen molar-refractivity contribution in [1.82, 2.24) is 15.5 Å². The minimum Gasteiger partial charge on any atom is -0.395 e. The molecule has 1 saturated heterocycles. The summed E-state index contributed by atoms with van der Waals surface area (Å²) in [6.45, 7) is 12.3. The molecule has 0 bridgehead atoms. The molecule has 2 rings (SSSR count). The number of likely N-dealkylation sites (tertiary alicyclic amines) is 1. The van der Waals surface area contributed by atoms with Crippen LogP contribution in [0.1, 0.15) is 60.8 Å². The lowest BCUT2D eigenvalue weighted by Gasteiger charge is -2.37. The molecule has 3 N–H and O–H groups in total. The summed E-state index contributed by atoms with van der Waals surface area (Å²) in [5, 5.41) is 15.5. The van der Waals surface area contributed by atoms with E-state index in [0.29, 0.717) is 0 Å². The van der Waals surface area contributed by atoms with Crippen molar-refractivity contribution in [2.75, 3.05) is 20.2 Å². The van der Waals surface area contributed by atoms with Crippen LogP contribution >= 0.6 is 0 Å².